The van der Waals surface area contributed by atoms with E-state index in [2.05, 4.69) is 10.3 Å². The zero-order valence-electron chi connectivity index (χ0n) is 14.3. The molecule has 0 amide bonds. The fourth-order valence-electron chi connectivity index (χ4n) is 2.90. The molecule has 1 heterocycles. The number of hydrogen-bond donors (Lipinski definition) is 3. The van der Waals surface area contributed by atoms with Gasteiger partial charge in [-0.1, -0.05) is 0 Å². The number of aliphatic imine (C=N–C) groups is 1. The molecule has 3 rings (SSSR count). The average Bonchev–Trinajstić information content (AvgIpc) is 2.57. The third-order valence-corrected chi connectivity index (χ3v) is 4.24. The Morgan fingerprint density at radius 2 is 1.68 bits per heavy atom. The molecule has 4 nitrogen and oxygen atoms in total. The summed E-state index contributed by atoms with van der Waals surface area (Å²) < 4.78 is 80.2. The second-order valence-corrected chi connectivity index (χ2v) is 6.19. The minimum Gasteiger partial charge on any atom is -0.397 e. The average molecular weight is 400 g/mol. The topological polar surface area (TPSA) is 76.4 Å². The highest BCUT2D eigenvalue weighted by Gasteiger charge is 2.39. The van der Waals surface area contributed by atoms with Gasteiger partial charge in [-0.2, -0.15) is 13.2 Å². The van der Waals surface area contributed by atoms with E-state index in [1.165, 1.54) is 6.92 Å². The van der Waals surface area contributed by atoms with Gasteiger partial charge in [-0.3, -0.25) is 5.73 Å². The number of halogens is 6. The van der Waals surface area contributed by atoms with Crippen LogP contribution in [0.15, 0.2) is 47.1 Å². The molecule has 28 heavy (non-hydrogen) atoms. The van der Waals surface area contributed by atoms with E-state index >= 15 is 0 Å². The van der Waals surface area contributed by atoms with E-state index in [1.807, 2.05) is 0 Å². The number of alkyl halides is 3. The summed E-state index contributed by atoms with van der Waals surface area (Å²) in [5, 5.41) is 2.64. The fourth-order valence-corrected chi connectivity index (χ4v) is 2.90. The van der Waals surface area contributed by atoms with Crippen molar-refractivity contribution in [2.24, 2.45) is 16.5 Å². The van der Waals surface area contributed by atoms with Gasteiger partial charge in [0, 0.05) is 17.2 Å². The third-order valence-electron chi connectivity index (χ3n) is 4.24. The van der Waals surface area contributed by atoms with E-state index in [0.717, 1.165) is 18.2 Å². The Kier molecular flexibility index (Phi) is 4.62. The maximum atomic E-state index is 14.4. The van der Waals surface area contributed by atoms with Crippen LogP contribution in [0.25, 0.3) is 5.70 Å². The molecule has 10 heteroatoms. The predicted octanol–water partition coefficient (Wildman–Crippen LogP) is 3.58. The largest absolute Gasteiger partial charge is 0.416 e. The number of hydrogen-bond acceptors (Lipinski definition) is 4. The zero-order chi connectivity index (χ0) is 20.9. The molecule has 1 atom stereocenters. The van der Waals surface area contributed by atoms with Crippen LogP contribution < -0.4 is 16.8 Å². The van der Waals surface area contributed by atoms with E-state index in [4.69, 9.17) is 11.5 Å². The minimum absolute atomic E-state index is 0.106. The molecule has 1 unspecified atom stereocenters. The van der Waals surface area contributed by atoms with Crippen LogP contribution in [0.5, 0.6) is 0 Å². The first kappa shape index (κ1) is 19.7. The molecule has 0 aromatic heterocycles. The van der Waals surface area contributed by atoms with Gasteiger partial charge in [0.15, 0.2) is 5.66 Å². The molecular weight excluding hydrogens is 386 g/mol. The SMILES string of the molecule is CC1=NC(N)(c2ccc(F)cc2F)C(N)=C(c2ccc(C(F)(F)F)cc2F)N1. The van der Waals surface area contributed by atoms with E-state index in [-0.39, 0.29) is 28.4 Å². The van der Waals surface area contributed by atoms with Gasteiger partial charge in [0.1, 0.15) is 23.3 Å². The van der Waals surface area contributed by atoms with Crippen molar-refractivity contribution in [3.63, 3.8) is 0 Å². The lowest BCUT2D eigenvalue weighted by Crippen LogP contribution is -2.48. The maximum Gasteiger partial charge on any atom is 0.416 e. The summed E-state index contributed by atoms with van der Waals surface area (Å²) in [5.41, 5.74) is 7.89. The van der Waals surface area contributed by atoms with Gasteiger partial charge in [0.05, 0.1) is 17.0 Å². The summed E-state index contributed by atoms with van der Waals surface area (Å²) in [7, 11) is 0. The van der Waals surface area contributed by atoms with Gasteiger partial charge < -0.3 is 11.1 Å². The molecule has 148 valence electrons. The molecule has 1 aliphatic heterocycles. The van der Waals surface area contributed by atoms with Crippen molar-refractivity contribution in [2.45, 2.75) is 18.8 Å². The van der Waals surface area contributed by atoms with Crippen LogP contribution in [-0.4, -0.2) is 5.84 Å². The summed E-state index contributed by atoms with van der Waals surface area (Å²) in [4.78, 5) is 4.05. The Labute approximate surface area is 155 Å². The summed E-state index contributed by atoms with van der Waals surface area (Å²) >= 11 is 0. The number of nitrogens with zero attached hydrogens (tertiary/aromatic N) is 1. The Balaban J connectivity index is 2.18. The van der Waals surface area contributed by atoms with Gasteiger partial charge in [0.2, 0.25) is 0 Å². The molecule has 0 radical (unpaired) electrons. The number of benzene rings is 2. The molecule has 0 saturated heterocycles. The van der Waals surface area contributed by atoms with Crippen molar-refractivity contribution >= 4 is 11.5 Å². The fraction of sp³-hybridized carbons (Fsp3) is 0.167. The normalized spacial score (nSPS) is 20.1. The van der Waals surface area contributed by atoms with Crippen LogP contribution in [0, 0.1) is 17.5 Å². The number of rotatable bonds is 2. The first-order valence-corrected chi connectivity index (χ1v) is 7.88. The highest BCUT2D eigenvalue weighted by atomic mass is 19.4. The number of nitrogens with two attached hydrogens (primary N) is 2. The highest BCUT2D eigenvalue weighted by Crippen LogP contribution is 2.36. The minimum atomic E-state index is -4.73. The van der Waals surface area contributed by atoms with E-state index in [1.54, 1.807) is 0 Å². The molecule has 0 saturated carbocycles. The molecule has 2 aromatic rings. The number of amidine groups is 1. The molecule has 0 aliphatic carbocycles. The lowest BCUT2D eigenvalue weighted by Gasteiger charge is -2.34. The zero-order valence-corrected chi connectivity index (χ0v) is 14.3. The highest BCUT2D eigenvalue weighted by molar-refractivity contribution is 5.93. The van der Waals surface area contributed by atoms with Crippen LogP contribution in [0.2, 0.25) is 0 Å². The van der Waals surface area contributed by atoms with Crippen LogP contribution in [0.3, 0.4) is 0 Å². The third kappa shape index (κ3) is 3.31. The van der Waals surface area contributed by atoms with Crippen molar-refractivity contribution in [3.05, 3.63) is 76.2 Å². The van der Waals surface area contributed by atoms with Gasteiger partial charge in [-0.15, -0.1) is 0 Å². The maximum absolute atomic E-state index is 14.4. The lowest BCUT2D eigenvalue weighted by atomic mass is 9.92. The smallest absolute Gasteiger partial charge is 0.397 e. The van der Waals surface area contributed by atoms with Gasteiger partial charge in [-0.25, -0.2) is 18.2 Å². The lowest BCUT2D eigenvalue weighted by molar-refractivity contribution is -0.137. The Bertz CT molecular complexity index is 1010. The van der Waals surface area contributed by atoms with Crippen LogP contribution in [0.4, 0.5) is 26.3 Å². The summed E-state index contributed by atoms with van der Waals surface area (Å²) in [5.74, 6) is -2.99. The van der Waals surface area contributed by atoms with Gasteiger partial charge in [0.25, 0.3) is 0 Å². The quantitative estimate of drug-likeness (QED) is 0.675. The monoisotopic (exact) mass is 400 g/mol. The van der Waals surface area contributed by atoms with Crippen molar-refractivity contribution in [1.82, 2.24) is 5.32 Å². The molecule has 5 N–H and O–H groups in total. The van der Waals surface area contributed by atoms with Crippen LogP contribution in [0.1, 0.15) is 23.6 Å². The second-order valence-electron chi connectivity index (χ2n) is 6.19. The predicted molar refractivity (Wildman–Crippen MR) is 91.0 cm³/mol. The van der Waals surface area contributed by atoms with Crippen molar-refractivity contribution in [1.29, 1.82) is 0 Å². The van der Waals surface area contributed by atoms with Crippen molar-refractivity contribution in [2.75, 3.05) is 0 Å². The standard InChI is InChI=1S/C18H14F6N4/c1-8-27-15(11-4-2-9(6-13(11)20)18(22,23)24)16(25)17(26,28-8)12-5-3-10(19)7-14(12)21/h2-7H,25-26H2,1H3,(H,27,28). The van der Waals surface area contributed by atoms with Gasteiger partial charge >= 0.3 is 6.18 Å². The van der Waals surface area contributed by atoms with Crippen molar-refractivity contribution in [3.8, 4) is 0 Å². The molecule has 2 aromatic carbocycles. The Morgan fingerprint density at radius 3 is 2.25 bits per heavy atom. The summed E-state index contributed by atoms with van der Waals surface area (Å²) in [6.45, 7) is 1.43. The Morgan fingerprint density at radius 1 is 1.00 bits per heavy atom. The van der Waals surface area contributed by atoms with Crippen molar-refractivity contribution < 1.29 is 26.3 Å². The van der Waals surface area contributed by atoms with Crippen LogP contribution in [-0.2, 0) is 11.8 Å². The first-order valence-electron chi connectivity index (χ1n) is 7.88. The summed E-state index contributed by atoms with van der Waals surface area (Å²) in [6.07, 6.45) is -4.73. The molecule has 0 fully saturated rings. The van der Waals surface area contributed by atoms with E-state index in [0.29, 0.717) is 18.2 Å². The van der Waals surface area contributed by atoms with E-state index in [9.17, 15) is 26.3 Å². The second kappa shape index (κ2) is 6.55. The molecule has 0 bridgehead atoms. The molecule has 1 aliphatic rings. The Hall–Kier alpha value is -3.01. The van der Waals surface area contributed by atoms with Gasteiger partial charge in [-0.05, 0) is 37.3 Å². The molecule has 0 spiro atoms. The number of nitrogens with one attached hydrogen (secondary N) is 1. The summed E-state index contributed by atoms with van der Waals surface area (Å²) in [6, 6.07) is 4.45. The molecular formula is C18H14F6N4. The van der Waals surface area contributed by atoms with Crippen LogP contribution >= 0.6 is 0 Å². The van der Waals surface area contributed by atoms with E-state index < -0.39 is 34.9 Å². The first-order chi connectivity index (χ1) is 12.9.